The second-order valence-electron chi connectivity index (χ2n) is 6.38. The van der Waals surface area contributed by atoms with Crippen molar-refractivity contribution in [1.82, 2.24) is 15.1 Å². The number of likely N-dealkylation sites (tertiary alicyclic amines) is 1. The summed E-state index contributed by atoms with van der Waals surface area (Å²) >= 11 is 0. The highest BCUT2D eigenvalue weighted by atomic mass is 16.6. The lowest BCUT2D eigenvalue weighted by molar-refractivity contribution is -0.384. The van der Waals surface area contributed by atoms with Gasteiger partial charge in [0.25, 0.3) is 17.5 Å². The van der Waals surface area contributed by atoms with E-state index in [9.17, 15) is 24.5 Å². The van der Waals surface area contributed by atoms with E-state index in [-0.39, 0.29) is 29.4 Å². The van der Waals surface area contributed by atoms with Gasteiger partial charge in [0, 0.05) is 38.3 Å². The summed E-state index contributed by atoms with van der Waals surface area (Å²) in [5.74, 6) is -0.988. The number of piperidine rings is 1. The van der Waals surface area contributed by atoms with E-state index in [1.54, 1.807) is 4.90 Å². The molecule has 0 bridgehead atoms. The molecule has 1 aromatic carbocycles. The van der Waals surface area contributed by atoms with Gasteiger partial charge in [-0.3, -0.25) is 24.6 Å². The van der Waals surface area contributed by atoms with Crippen molar-refractivity contribution in [2.24, 2.45) is 0 Å². The van der Waals surface area contributed by atoms with Crippen molar-refractivity contribution in [3.63, 3.8) is 0 Å². The van der Waals surface area contributed by atoms with Crippen molar-refractivity contribution in [1.29, 1.82) is 0 Å². The lowest BCUT2D eigenvalue weighted by Crippen LogP contribution is -2.43. The zero-order chi connectivity index (χ0) is 18.7. The quantitative estimate of drug-likeness (QED) is 0.372. The molecule has 4 amide bonds. The number of imide groups is 1. The number of nitrogens with one attached hydrogen (secondary N) is 1. The lowest BCUT2D eigenvalue weighted by atomic mass is 10.1. The summed E-state index contributed by atoms with van der Waals surface area (Å²) in [6, 6.07) is 3.54. The van der Waals surface area contributed by atoms with Gasteiger partial charge in [0.05, 0.1) is 16.1 Å². The van der Waals surface area contributed by atoms with E-state index >= 15 is 0 Å². The fourth-order valence-corrected chi connectivity index (χ4v) is 3.24. The van der Waals surface area contributed by atoms with E-state index in [0.29, 0.717) is 13.0 Å². The third-order valence-corrected chi connectivity index (χ3v) is 4.64. The van der Waals surface area contributed by atoms with Crippen molar-refractivity contribution in [3.05, 3.63) is 39.4 Å². The number of nitro groups is 1. The molecule has 0 aromatic heterocycles. The molecule has 3 rings (SSSR count). The largest absolute Gasteiger partial charge is 0.338 e. The number of hydrogen-bond donors (Lipinski definition) is 1. The van der Waals surface area contributed by atoms with Gasteiger partial charge in [-0.15, -0.1) is 0 Å². The standard InChI is InChI=1S/C17H20N4O5/c22-15-13-6-5-12(21(25)26)11-14(13)16(23)20(15)10-4-7-18-17(24)19-8-2-1-3-9-19/h5-6,11H,1-4,7-10H2,(H,18,24). The molecule has 1 fully saturated rings. The molecule has 0 atom stereocenters. The van der Waals surface area contributed by atoms with Crippen LogP contribution in [0.25, 0.3) is 0 Å². The van der Waals surface area contributed by atoms with Crippen LogP contribution in [0.4, 0.5) is 10.5 Å². The summed E-state index contributed by atoms with van der Waals surface area (Å²) in [6.45, 7) is 2.01. The molecule has 2 aliphatic rings. The predicted octanol–water partition coefficient (Wildman–Crippen LogP) is 1.78. The number of fused-ring (bicyclic) bond motifs is 1. The van der Waals surface area contributed by atoms with Crippen molar-refractivity contribution in [2.45, 2.75) is 25.7 Å². The molecule has 138 valence electrons. The SMILES string of the molecule is O=C(NCCCN1C(=O)c2ccc([N+](=O)[O-])cc2C1=O)N1CCCCC1. The van der Waals surface area contributed by atoms with Crippen molar-refractivity contribution >= 4 is 23.5 Å². The minimum absolute atomic E-state index is 0.0570. The molecule has 2 heterocycles. The molecule has 26 heavy (non-hydrogen) atoms. The van der Waals surface area contributed by atoms with Gasteiger partial charge in [0.15, 0.2) is 0 Å². The normalized spacial score (nSPS) is 16.6. The van der Waals surface area contributed by atoms with Crippen LogP contribution >= 0.6 is 0 Å². The smallest absolute Gasteiger partial charge is 0.317 e. The van der Waals surface area contributed by atoms with Crippen LogP contribution in [0.15, 0.2) is 18.2 Å². The molecule has 1 saturated heterocycles. The van der Waals surface area contributed by atoms with Gasteiger partial charge >= 0.3 is 6.03 Å². The van der Waals surface area contributed by atoms with Crippen LogP contribution in [0.2, 0.25) is 0 Å². The zero-order valence-corrected chi connectivity index (χ0v) is 14.3. The first kappa shape index (κ1) is 17.8. The topological polar surface area (TPSA) is 113 Å². The second-order valence-corrected chi connectivity index (χ2v) is 6.38. The third-order valence-electron chi connectivity index (χ3n) is 4.64. The molecule has 1 N–H and O–H groups in total. The molecule has 0 saturated carbocycles. The fraction of sp³-hybridized carbons (Fsp3) is 0.471. The van der Waals surface area contributed by atoms with E-state index in [4.69, 9.17) is 0 Å². The van der Waals surface area contributed by atoms with Crippen LogP contribution in [0.1, 0.15) is 46.4 Å². The number of nitrogens with zero attached hydrogens (tertiary/aromatic N) is 3. The summed E-state index contributed by atoms with van der Waals surface area (Å²) in [7, 11) is 0. The zero-order valence-electron chi connectivity index (χ0n) is 14.3. The molecule has 9 heteroatoms. The maximum Gasteiger partial charge on any atom is 0.317 e. The average molecular weight is 360 g/mol. The number of nitro benzene ring substituents is 1. The van der Waals surface area contributed by atoms with Gasteiger partial charge in [-0.25, -0.2) is 4.79 Å². The van der Waals surface area contributed by atoms with Crippen LogP contribution in [-0.2, 0) is 0 Å². The third kappa shape index (κ3) is 3.51. The first-order valence-corrected chi connectivity index (χ1v) is 8.66. The van der Waals surface area contributed by atoms with Crippen LogP contribution in [0.3, 0.4) is 0 Å². The van der Waals surface area contributed by atoms with Crippen molar-refractivity contribution in [3.8, 4) is 0 Å². The van der Waals surface area contributed by atoms with Gasteiger partial charge < -0.3 is 10.2 Å². The van der Waals surface area contributed by atoms with Gasteiger partial charge in [0.1, 0.15) is 0 Å². The fourth-order valence-electron chi connectivity index (χ4n) is 3.24. The molecule has 2 aliphatic heterocycles. The average Bonchev–Trinajstić information content (AvgIpc) is 2.89. The predicted molar refractivity (Wildman–Crippen MR) is 91.9 cm³/mol. The lowest BCUT2D eigenvalue weighted by Gasteiger charge is -2.26. The molecule has 1 aromatic rings. The highest BCUT2D eigenvalue weighted by molar-refractivity contribution is 6.21. The van der Waals surface area contributed by atoms with Crippen LogP contribution in [-0.4, -0.2) is 58.7 Å². The Morgan fingerprint density at radius 1 is 1.12 bits per heavy atom. The van der Waals surface area contributed by atoms with Crippen molar-refractivity contribution in [2.75, 3.05) is 26.2 Å². The number of carbonyl (C=O) groups is 3. The van der Waals surface area contributed by atoms with E-state index in [0.717, 1.165) is 43.3 Å². The van der Waals surface area contributed by atoms with E-state index < -0.39 is 16.7 Å². The highest BCUT2D eigenvalue weighted by Gasteiger charge is 2.36. The van der Waals surface area contributed by atoms with Gasteiger partial charge in [0.2, 0.25) is 0 Å². The molecule has 9 nitrogen and oxygen atoms in total. The van der Waals surface area contributed by atoms with Crippen LogP contribution in [0, 0.1) is 10.1 Å². The van der Waals surface area contributed by atoms with E-state index in [1.165, 1.54) is 12.1 Å². The summed E-state index contributed by atoms with van der Waals surface area (Å²) in [6.07, 6.45) is 3.58. The Bertz CT molecular complexity index is 758. The summed E-state index contributed by atoms with van der Waals surface area (Å²) < 4.78 is 0. The Kier molecular flexibility index (Phi) is 5.15. The molecule has 0 unspecified atom stereocenters. The maximum absolute atomic E-state index is 12.3. The summed E-state index contributed by atoms with van der Waals surface area (Å²) in [5.41, 5.74) is 0.0139. The second kappa shape index (κ2) is 7.51. The highest BCUT2D eigenvalue weighted by Crippen LogP contribution is 2.26. The Morgan fingerprint density at radius 2 is 1.81 bits per heavy atom. The summed E-state index contributed by atoms with van der Waals surface area (Å²) in [4.78, 5) is 49.7. The molecular weight excluding hydrogens is 340 g/mol. The molecule has 0 radical (unpaired) electrons. The number of carbonyl (C=O) groups excluding carboxylic acids is 3. The number of non-ortho nitro benzene ring substituents is 1. The Morgan fingerprint density at radius 3 is 2.50 bits per heavy atom. The van der Waals surface area contributed by atoms with Crippen LogP contribution < -0.4 is 5.32 Å². The van der Waals surface area contributed by atoms with E-state index in [2.05, 4.69) is 5.32 Å². The van der Waals surface area contributed by atoms with Crippen LogP contribution in [0.5, 0.6) is 0 Å². The first-order chi connectivity index (χ1) is 12.5. The van der Waals surface area contributed by atoms with Gasteiger partial charge in [-0.05, 0) is 31.7 Å². The molecule has 0 spiro atoms. The van der Waals surface area contributed by atoms with E-state index in [1.807, 2.05) is 0 Å². The minimum Gasteiger partial charge on any atom is -0.338 e. The number of hydrogen-bond acceptors (Lipinski definition) is 5. The van der Waals surface area contributed by atoms with Crippen molar-refractivity contribution < 1.29 is 19.3 Å². The van der Waals surface area contributed by atoms with Gasteiger partial charge in [-0.1, -0.05) is 0 Å². The first-order valence-electron chi connectivity index (χ1n) is 8.66. The number of urea groups is 1. The Labute approximate surface area is 150 Å². The summed E-state index contributed by atoms with van der Waals surface area (Å²) in [5, 5.41) is 13.6. The monoisotopic (exact) mass is 360 g/mol. The molecule has 0 aliphatic carbocycles. The van der Waals surface area contributed by atoms with Gasteiger partial charge in [-0.2, -0.15) is 0 Å². The maximum atomic E-state index is 12.3. The number of rotatable bonds is 5. The number of amides is 4. The minimum atomic E-state index is -0.600. The molecular formula is C17H20N4O5. The number of benzene rings is 1. The Hall–Kier alpha value is -2.97. The Balaban J connectivity index is 1.52.